The quantitative estimate of drug-likeness (QED) is 0.865. The second-order valence-electron chi connectivity index (χ2n) is 4.51. The fourth-order valence-electron chi connectivity index (χ4n) is 1.66. The van der Waals surface area contributed by atoms with Crippen LogP contribution in [0.1, 0.15) is 23.2 Å². The maximum atomic E-state index is 13.4. The zero-order valence-corrected chi connectivity index (χ0v) is 10.1. The van der Waals surface area contributed by atoms with Gasteiger partial charge in [0.25, 0.3) is 5.91 Å². The topological polar surface area (TPSA) is 55.1 Å². The lowest BCUT2D eigenvalue weighted by atomic mass is 10.1. The van der Waals surface area contributed by atoms with Crippen LogP contribution < -0.4 is 11.1 Å². The van der Waals surface area contributed by atoms with Gasteiger partial charge in [0.2, 0.25) is 0 Å². The largest absolute Gasteiger partial charge is 0.351 e. The number of rotatable bonds is 4. The molecule has 5 heteroatoms. The highest BCUT2D eigenvalue weighted by Crippen LogP contribution is 2.43. The van der Waals surface area contributed by atoms with E-state index in [1.54, 1.807) is 0 Å². The number of nitrogens with one attached hydrogen (secondary N) is 1. The van der Waals surface area contributed by atoms with Crippen molar-refractivity contribution in [3.05, 3.63) is 34.6 Å². The Morgan fingerprint density at radius 3 is 2.82 bits per heavy atom. The third-order valence-electron chi connectivity index (χ3n) is 3.19. The minimum absolute atomic E-state index is 0.0229. The second kappa shape index (κ2) is 4.63. The molecule has 0 aromatic heterocycles. The van der Waals surface area contributed by atoms with Gasteiger partial charge >= 0.3 is 0 Å². The van der Waals surface area contributed by atoms with E-state index in [2.05, 4.69) is 5.32 Å². The van der Waals surface area contributed by atoms with E-state index in [1.807, 2.05) is 0 Å². The minimum Gasteiger partial charge on any atom is -0.351 e. The highest BCUT2D eigenvalue weighted by molar-refractivity contribution is 6.30. The standard InChI is InChI=1S/C12H14ClFN2O/c13-8-1-2-10(14)9(5-8)11(17)16-7-12(6-15)3-4-12/h1-2,5H,3-4,6-7,15H2,(H,16,17). The Balaban J connectivity index is 2.02. The summed E-state index contributed by atoms with van der Waals surface area (Å²) < 4.78 is 13.4. The van der Waals surface area contributed by atoms with Crippen LogP contribution in [0, 0.1) is 11.2 Å². The first-order valence-corrected chi connectivity index (χ1v) is 5.87. The first kappa shape index (κ1) is 12.3. The summed E-state index contributed by atoms with van der Waals surface area (Å²) in [5.74, 6) is -1.01. The highest BCUT2D eigenvalue weighted by Gasteiger charge is 2.41. The lowest BCUT2D eigenvalue weighted by Gasteiger charge is -2.13. The van der Waals surface area contributed by atoms with Crippen molar-refractivity contribution in [2.75, 3.05) is 13.1 Å². The van der Waals surface area contributed by atoms with Crippen molar-refractivity contribution in [2.24, 2.45) is 11.1 Å². The Morgan fingerprint density at radius 1 is 1.53 bits per heavy atom. The summed E-state index contributed by atoms with van der Waals surface area (Å²) in [6, 6.07) is 3.93. The van der Waals surface area contributed by atoms with Gasteiger partial charge in [-0.15, -0.1) is 0 Å². The van der Waals surface area contributed by atoms with Gasteiger partial charge in [0.1, 0.15) is 5.82 Å². The number of halogens is 2. The van der Waals surface area contributed by atoms with Gasteiger partial charge in [0.15, 0.2) is 0 Å². The van der Waals surface area contributed by atoms with Gasteiger partial charge in [-0.25, -0.2) is 4.39 Å². The summed E-state index contributed by atoms with van der Waals surface area (Å²) >= 11 is 5.72. The van der Waals surface area contributed by atoms with E-state index in [0.29, 0.717) is 18.1 Å². The van der Waals surface area contributed by atoms with E-state index < -0.39 is 11.7 Å². The fraction of sp³-hybridized carbons (Fsp3) is 0.417. The Bertz CT molecular complexity index is 446. The van der Waals surface area contributed by atoms with Gasteiger partial charge in [-0.2, -0.15) is 0 Å². The van der Waals surface area contributed by atoms with E-state index in [-0.39, 0.29) is 11.0 Å². The molecule has 3 N–H and O–H groups in total. The molecule has 1 aliphatic rings. The molecule has 0 unspecified atom stereocenters. The Hall–Kier alpha value is -1.13. The molecule has 3 nitrogen and oxygen atoms in total. The van der Waals surface area contributed by atoms with E-state index in [1.165, 1.54) is 18.2 Å². The first-order chi connectivity index (χ1) is 8.06. The molecule has 1 aliphatic carbocycles. The predicted molar refractivity (Wildman–Crippen MR) is 64.5 cm³/mol. The van der Waals surface area contributed by atoms with Crippen molar-refractivity contribution in [1.82, 2.24) is 5.32 Å². The number of hydrogen-bond donors (Lipinski definition) is 2. The molecule has 1 aromatic rings. The van der Waals surface area contributed by atoms with Crippen LogP contribution in [0.15, 0.2) is 18.2 Å². The SMILES string of the molecule is NCC1(CNC(=O)c2cc(Cl)ccc2F)CC1. The smallest absolute Gasteiger partial charge is 0.254 e. The van der Waals surface area contributed by atoms with Crippen molar-refractivity contribution in [3.63, 3.8) is 0 Å². The summed E-state index contributed by atoms with van der Waals surface area (Å²) in [5, 5.41) is 3.05. The predicted octanol–water partition coefficient (Wildman–Crippen LogP) is 1.95. The van der Waals surface area contributed by atoms with Crippen LogP contribution in [0.4, 0.5) is 4.39 Å². The van der Waals surface area contributed by atoms with Crippen LogP contribution in [-0.2, 0) is 0 Å². The molecule has 0 atom stereocenters. The van der Waals surface area contributed by atoms with Gasteiger partial charge < -0.3 is 11.1 Å². The molecule has 0 saturated heterocycles. The van der Waals surface area contributed by atoms with Crippen LogP contribution in [-0.4, -0.2) is 19.0 Å². The lowest BCUT2D eigenvalue weighted by Crippen LogP contribution is -2.34. The molecule has 0 radical (unpaired) electrons. The molecular weight excluding hydrogens is 243 g/mol. The number of amides is 1. The molecule has 2 rings (SSSR count). The monoisotopic (exact) mass is 256 g/mol. The van der Waals surface area contributed by atoms with Crippen molar-refractivity contribution in [1.29, 1.82) is 0 Å². The molecule has 1 fully saturated rings. The zero-order chi connectivity index (χ0) is 12.5. The summed E-state index contributed by atoms with van der Waals surface area (Å²) in [6.45, 7) is 1.04. The fourth-order valence-corrected chi connectivity index (χ4v) is 1.84. The summed E-state index contributed by atoms with van der Waals surface area (Å²) in [7, 11) is 0. The van der Waals surface area contributed by atoms with Crippen LogP contribution in [0.25, 0.3) is 0 Å². The van der Waals surface area contributed by atoms with Gasteiger partial charge in [0, 0.05) is 17.0 Å². The molecule has 1 amide bonds. The molecular formula is C12H14ClFN2O. The molecule has 1 aromatic carbocycles. The molecule has 17 heavy (non-hydrogen) atoms. The van der Waals surface area contributed by atoms with Crippen molar-refractivity contribution in [3.8, 4) is 0 Å². The van der Waals surface area contributed by atoms with Gasteiger partial charge in [-0.1, -0.05) is 11.6 Å². The van der Waals surface area contributed by atoms with Gasteiger partial charge in [0.05, 0.1) is 5.56 Å². The summed E-state index contributed by atoms with van der Waals surface area (Å²) in [6.07, 6.45) is 2.03. The average Bonchev–Trinajstić information content (AvgIpc) is 3.10. The number of nitrogens with two attached hydrogens (primary N) is 1. The van der Waals surface area contributed by atoms with Crippen LogP contribution in [0.3, 0.4) is 0 Å². The minimum atomic E-state index is -0.565. The van der Waals surface area contributed by atoms with Crippen molar-refractivity contribution in [2.45, 2.75) is 12.8 Å². The summed E-state index contributed by atoms with van der Waals surface area (Å²) in [5.41, 5.74) is 5.61. The number of hydrogen-bond acceptors (Lipinski definition) is 2. The van der Waals surface area contributed by atoms with Gasteiger partial charge in [-0.3, -0.25) is 4.79 Å². The maximum Gasteiger partial charge on any atom is 0.254 e. The highest BCUT2D eigenvalue weighted by atomic mass is 35.5. The van der Waals surface area contributed by atoms with Crippen molar-refractivity contribution >= 4 is 17.5 Å². The van der Waals surface area contributed by atoms with E-state index in [9.17, 15) is 9.18 Å². The normalized spacial score (nSPS) is 16.6. The van der Waals surface area contributed by atoms with E-state index >= 15 is 0 Å². The van der Waals surface area contributed by atoms with Crippen LogP contribution in [0.5, 0.6) is 0 Å². The Kier molecular flexibility index (Phi) is 3.35. The summed E-state index contributed by atoms with van der Waals surface area (Å²) in [4.78, 5) is 11.8. The lowest BCUT2D eigenvalue weighted by molar-refractivity contribution is 0.0941. The molecule has 0 bridgehead atoms. The molecule has 0 heterocycles. The first-order valence-electron chi connectivity index (χ1n) is 5.50. The Labute approximate surface area is 104 Å². The average molecular weight is 257 g/mol. The Morgan fingerprint density at radius 2 is 2.24 bits per heavy atom. The molecule has 92 valence electrons. The van der Waals surface area contributed by atoms with E-state index in [0.717, 1.165) is 12.8 Å². The molecule has 1 saturated carbocycles. The second-order valence-corrected chi connectivity index (χ2v) is 4.95. The number of carbonyl (C=O) groups excluding carboxylic acids is 1. The van der Waals surface area contributed by atoms with E-state index in [4.69, 9.17) is 17.3 Å². The molecule has 0 spiro atoms. The molecule has 0 aliphatic heterocycles. The van der Waals surface area contributed by atoms with Crippen LogP contribution >= 0.6 is 11.6 Å². The maximum absolute atomic E-state index is 13.4. The zero-order valence-electron chi connectivity index (χ0n) is 9.30. The third-order valence-corrected chi connectivity index (χ3v) is 3.42. The van der Waals surface area contributed by atoms with Gasteiger partial charge in [-0.05, 0) is 37.6 Å². The third kappa shape index (κ3) is 2.76. The number of carbonyl (C=O) groups is 1. The van der Waals surface area contributed by atoms with Crippen LogP contribution in [0.2, 0.25) is 5.02 Å². The van der Waals surface area contributed by atoms with Crippen molar-refractivity contribution < 1.29 is 9.18 Å². The number of benzene rings is 1.